The summed E-state index contributed by atoms with van der Waals surface area (Å²) in [4.78, 5) is 26.6. The third-order valence-electron chi connectivity index (χ3n) is 5.46. The number of thioether (sulfide) groups is 1. The molecule has 37 heavy (non-hydrogen) atoms. The molecule has 0 aromatic heterocycles. The fourth-order valence-corrected chi connectivity index (χ4v) is 4.79. The first-order valence-corrected chi connectivity index (χ1v) is 12.3. The van der Waals surface area contributed by atoms with Gasteiger partial charge in [-0.15, -0.1) is 11.8 Å². The third kappa shape index (κ3) is 6.80. The lowest BCUT2D eigenvalue weighted by atomic mass is 10.1. The fourth-order valence-electron chi connectivity index (χ4n) is 3.71. The van der Waals surface area contributed by atoms with Crippen molar-refractivity contribution in [2.45, 2.75) is 23.2 Å². The number of benzene rings is 4. The number of para-hydroxylation sites is 1. The number of alkyl halides is 3. The van der Waals surface area contributed by atoms with E-state index in [0.29, 0.717) is 21.7 Å². The van der Waals surface area contributed by atoms with Crippen molar-refractivity contribution >= 4 is 35.0 Å². The third-order valence-corrected chi connectivity index (χ3v) is 6.70. The van der Waals surface area contributed by atoms with Crippen LogP contribution in [0.2, 0.25) is 0 Å². The molecule has 4 aromatic carbocycles. The van der Waals surface area contributed by atoms with E-state index in [4.69, 9.17) is 0 Å². The van der Waals surface area contributed by atoms with Crippen molar-refractivity contribution in [3.63, 3.8) is 0 Å². The van der Waals surface area contributed by atoms with Crippen LogP contribution in [0.5, 0.6) is 0 Å². The highest BCUT2D eigenvalue weighted by Crippen LogP contribution is 2.39. The Kier molecular flexibility index (Phi) is 7.98. The summed E-state index contributed by atoms with van der Waals surface area (Å²) in [6.45, 7) is 1.90. The molecule has 2 amide bonds. The minimum Gasteiger partial charge on any atom is -0.324 e. The molecule has 8 heteroatoms. The van der Waals surface area contributed by atoms with E-state index >= 15 is 0 Å². The lowest BCUT2D eigenvalue weighted by Gasteiger charge is -2.19. The van der Waals surface area contributed by atoms with E-state index in [1.54, 1.807) is 72.8 Å². The van der Waals surface area contributed by atoms with Crippen LogP contribution in [0.1, 0.15) is 32.3 Å². The summed E-state index contributed by atoms with van der Waals surface area (Å²) in [6, 6.07) is 27.9. The topological polar surface area (TPSA) is 58.2 Å². The Morgan fingerprint density at radius 2 is 1.49 bits per heavy atom. The Morgan fingerprint density at radius 3 is 2.22 bits per heavy atom. The van der Waals surface area contributed by atoms with Gasteiger partial charge in [0.15, 0.2) is 0 Å². The number of hydrogen-bond acceptors (Lipinski definition) is 3. The number of hydrogen-bond donors (Lipinski definition) is 2. The summed E-state index contributed by atoms with van der Waals surface area (Å²) in [7, 11) is 0. The molecule has 4 aromatic rings. The predicted octanol–water partition coefficient (Wildman–Crippen LogP) is 7.74. The minimum atomic E-state index is -4.61. The van der Waals surface area contributed by atoms with Crippen LogP contribution in [0.3, 0.4) is 0 Å². The maximum absolute atomic E-state index is 13.5. The van der Waals surface area contributed by atoms with Gasteiger partial charge in [-0.2, -0.15) is 13.2 Å². The van der Waals surface area contributed by atoms with Crippen molar-refractivity contribution in [2.75, 3.05) is 10.6 Å². The number of carbonyl (C=O) groups is 2. The lowest BCUT2D eigenvalue weighted by Crippen LogP contribution is -2.21. The van der Waals surface area contributed by atoms with E-state index in [9.17, 15) is 22.8 Å². The zero-order valence-corrected chi connectivity index (χ0v) is 20.6. The molecule has 0 aliphatic heterocycles. The number of anilines is 2. The number of aryl methyl sites for hydroxylation is 1. The number of rotatable bonds is 7. The maximum atomic E-state index is 13.5. The fraction of sp³-hybridized carbons (Fsp3) is 0.103. The second-order valence-electron chi connectivity index (χ2n) is 8.29. The molecule has 1 atom stereocenters. The Balaban J connectivity index is 1.58. The van der Waals surface area contributed by atoms with E-state index in [-0.39, 0.29) is 11.6 Å². The molecule has 0 spiro atoms. The standard InChI is InChI=1S/C29H23F3N2O2S/c1-19-9-7-12-21(17-19)27(35)33-22-13-8-14-23(18-22)37-26(20-10-3-2-4-11-20)28(36)34-25-16-6-5-15-24(25)29(30,31)32/h2-18,26H,1H3,(H,33,35)(H,34,36). The summed E-state index contributed by atoms with van der Waals surface area (Å²) in [6.07, 6.45) is -4.61. The summed E-state index contributed by atoms with van der Waals surface area (Å²) < 4.78 is 40.4. The molecule has 4 rings (SSSR count). The van der Waals surface area contributed by atoms with Crippen molar-refractivity contribution in [1.29, 1.82) is 0 Å². The van der Waals surface area contributed by atoms with Gasteiger partial charge in [0.05, 0.1) is 11.3 Å². The number of nitrogens with one attached hydrogen (secondary N) is 2. The van der Waals surface area contributed by atoms with Crippen molar-refractivity contribution in [3.05, 3.63) is 125 Å². The Hall–Kier alpha value is -4.04. The Labute approximate surface area is 216 Å². The quantitative estimate of drug-likeness (QED) is 0.245. The van der Waals surface area contributed by atoms with Gasteiger partial charge in [0.2, 0.25) is 5.91 Å². The second kappa shape index (κ2) is 11.3. The summed E-state index contributed by atoms with van der Waals surface area (Å²) in [5, 5.41) is 4.47. The zero-order valence-electron chi connectivity index (χ0n) is 19.8. The maximum Gasteiger partial charge on any atom is 0.418 e. The van der Waals surface area contributed by atoms with E-state index in [1.165, 1.54) is 30.0 Å². The van der Waals surface area contributed by atoms with Gasteiger partial charge in [-0.25, -0.2) is 0 Å². The molecule has 0 fully saturated rings. The van der Waals surface area contributed by atoms with Gasteiger partial charge in [0.25, 0.3) is 5.91 Å². The average Bonchev–Trinajstić information content (AvgIpc) is 2.87. The monoisotopic (exact) mass is 520 g/mol. The van der Waals surface area contributed by atoms with Gasteiger partial charge in [-0.3, -0.25) is 9.59 Å². The van der Waals surface area contributed by atoms with E-state index in [0.717, 1.165) is 11.6 Å². The summed E-state index contributed by atoms with van der Waals surface area (Å²) >= 11 is 1.18. The van der Waals surface area contributed by atoms with Crippen LogP contribution >= 0.6 is 11.8 Å². The molecule has 0 aliphatic carbocycles. The molecule has 0 aliphatic rings. The first-order chi connectivity index (χ1) is 17.7. The number of carbonyl (C=O) groups excluding carboxylic acids is 2. The molecule has 2 N–H and O–H groups in total. The SMILES string of the molecule is Cc1cccc(C(=O)Nc2cccc(SC(C(=O)Nc3ccccc3C(F)(F)F)c3ccccc3)c2)c1. The van der Waals surface area contributed by atoms with Crippen LogP contribution in [-0.4, -0.2) is 11.8 Å². The lowest BCUT2D eigenvalue weighted by molar-refractivity contribution is -0.137. The van der Waals surface area contributed by atoms with Gasteiger partial charge in [-0.1, -0.05) is 66.2 Å². The van der Waals surface area contributed by atoms with Crippen molar-refractivity contribution < 1.29 is 22.8 Å². The summed E-state index contributed by atoms with van der Waals surface area (Å²) in [5.74, 6) is -0.867. The van der Waals surface area contributed by atoms with Crippen molar-refractivity contribution in [2.24, 2.45) is 0 Å². The van der Waals surface area contributed by atoms with Gasteiger partial charge >= 0.3 is 6.18 Å². The molecular weight excluding hydrogens is 497 g/mol. The van der Waals surface area contributed by atoms with Crippen LogP contribution in [0.25, 0.3) is 0 Å². The smallest absolute Gasteiger partial charge is 0.324 e. The Bertz CT molecular complexity index is 1410. The Morgan fingerprint density at radius 1 is 0.784 bits per heavy atom. The molecular formula is C29H23F3N2O2S. The molecule has 0 radical (unpaired) electrons. The summed E-state index contributed by atoms with van der Waals surface area (Å²) in [5.41, 5.74) is 1.42. The average molecular weight is 521 g/mol. The second-order valence-corrected chi connectivity index (χ2v) is 9.47. The van der Waals surface area contributed by atoms with Crippen LogP contribution < -0.4 is 10.6 Å². The zero-order chi connectivity index (χ0) is 26.4. The minimum absolute atomic E-state index is 0.271. The highest BCUT2D eigenvalue weighted by atomic mass is 32.2. The van der Waals surface area contributed by atoms with Crippen LogP contribution in [0, 0.1) is 6.92 Å². The molecule has 4 nitrogen and oxygen atoms in total. The van der Waals surface area contributed by atoms with E-state index < -0.39 is 22.9 Å². The largest absolute Gasteiger partial charge is 0.418 e. The molecule has 1 unspecified atom stereocenters. The van der Waals surface area contributed by atoms with Gasteiger partial charge in [-0.05, 0) is 55.0 Å². The van der Waals surface area contributed by atoms with Gasteiger partial charge in [0, 0.05) is 16.1 Å². The van der Waals surface area contributed by atoms with Gasteiger partial charge in [0.1, 0.15) is 5.25 Å². The molecule has 0 saturated heterocycles. The van der Waals surface area contributed by atoms with Crippen molar-refractivity contribution in [1.82, 2.24) is 0 Å². The first-order valence-electron chi connectivity index (χ1n) is 11.4. The number of halogens is 3. The normalized spacial score (nSPS) is 12.0. The van der Waals surface area contributed by atoms with E-state index in [2.05, 4.69) is 10.6 Å². The van der Waals surface area contributed by atoms with E-state index in [1.807, 2.05) is 13.0 Å². The van der Waals surface area contributed by atoms with Crippen LogP contribution in [-0.2, 0) is 11.0 Å². The predicted molar refractivity (Wildman–Crippen MR) is 141 cm³/mol. The van der Waals surface area contributed by atoms with Gasteiger partial charge < -0.3 is 10.6 Å². The van der Waals surface area contributed by atoms with Crippen LogP contribution in [0.4, 0.5) is 24.5 Å². The highest BCUT2D eigenvalue weighted by Gasteiger charge is 2.34. The molecule has 0 saturated carbocycles. The van der Waals surface area contributed by atoms with Crippen molar-refractivity contribution in [3.8, 4) is 0 Å². The van der Waals surface area contributed by atoms with Crippen LogP contribution in [0.15, 0.2) is 108 Å². The number of amides is 2. The highest BCUT2D eigenvalue weighted by molar-refractivity contribution is 8.00. The molecule has 0 bridgehead atoms. The first kappa shape index (κ1) is 26.0. The molecule has 0 heterocycles. The molecule has 188 valence electrons.